The van der Waals surface area contributed by atoms with Crippen molar-refractivity contribution in [1.82, 2.24) is 15.5 Å². The maximum absolute atomic E-state index is 11.6. The Balaban J connectivity index is 1.93. The molecule has 1 aliphatic carbocycles. The number of aliphatic hydroxyl groups is 1. The van der Waals surface area contributed by atoms with Crippen molar-refractivity contribution >= 4 is 5.91 Å². The van der Waals surface area contributed by atoms with Gasteiger partial charge in [0.25, 0.3) is 5.91 Å². The van der Waals surface area contributed by atoms with Crippen LogP contribution in [0.5, 0.6) is 0 Å². The molecule has 2 rings (SSSR count). The van der Waals surface area contributed by atoms with Crippen molar-refractivity contribution in [2.24, 2.45) is 0 Å². The minimum absolute atomic E-state index is 0.110. The molecule has 0 spiro atoms. The summed E-state index contributed by atoms with van der Waals surface area (Å²) in [5.41, 5.74) is 0.507. The van der Waals surface area contributed by atoms with Crippen molar-refractivity contribution in [3.63, 3.8) is 0 Å². The number of hydrogen-bond donors (Lipinski definition) is 3. The molecule has 82 valence electrons. The summed E-state index contributed by atoms with van der Waals surface area (Å²) in [5, 5.41) is 18.8. The van der Waals surface area contributed by atoms with E-state index in [0.29, 0.717) is 5.56 Å². The van der Waals surface area contributed by atoms with Crippen molar-refractivity contribution in [3.05, 3.63) is 18.0 Å². The Labute approximate surface area is 87.9 Å². The molecule has 0 bridgehead atoms. The van der Waals surface area contributed by atoms with Gasteiger partial charge in [-0.3, -0.25) is 9.89 Å². The van der Waals surface area contributed by atoms with Crippen LogP contribution in [0, 0.1) is 0 Å². The van der Waals surface area contributed by atoms with Gasteiger partial charge in [0.2, 0.25) is 0 Å². The summed E-state index contributed by atoms with van der Waals surface area (Å²) >= 11 is 0. The molecule has 5 heteroatoms. The lowest BCUT2D eigenvalue weighted by Gasteiger charge is -2.28. The highest BCUT2D eigenvalue weighted by Gasteiger charge is 2.24. The van der Waals surface area contributed by atoms with E-state index in [-0.39, 0.29) is 11.9 Å². The van der Waals surface area contributed by atoms with E-state index < -0.39 is 6.10 Å². The van der Waals surface area contributed by atoms with Gasteiger partial charge in [-0.15, -0.1) is 0 Å². The van der Waals surface area contributed by atoms with Gasteiger partial charge in [-0.25, -0.2) is 0 Å². The summed E-state index contributed by atoms with van der Waals surface area (Å²) < 4.78 is 0. The van der Waals surface area contributed by atoms with Gasteiger partial charge in [0.15, 0.2) is 0 Å². The van der Waals surface area contributed by atoms with Crippen molar-refractivity contribution in [2.45, 2.75) is 37.8 Å². The fourth-order valence-corrected chi connectivity index (χ4v) is 1.91. The first-order chi connectivity index (χ1) is 7.27. The zero-order valence-electron chi connectivity index (χ0n) is 8.44. The standard InChI is InChI=1S/C10H15N3O2/c14-9-4-2-1-3-8(9)13-10(15)7-5-11-12-6-7/h5-6,8-9,14H,1-4H2,(H,11,12)(H,13,15). The summed E-state index contributed by atoms with van der Waals surface area (Å²) in [4.78, 5) is 11.6. The number of aromatic nitrogens is 2. The van der Waals surface area contributed by atoms with Gasteiger partial charge in [-0.05, 0) is 12.8 Å². The van der Waals surface area contributed by atoms with Gasteiger partial charge in [0, 0.05) is 6.20 Å². The molecule has 0 aromatic carbocycles. The molecule has 0 saturated heterocycles. The Bertz CT molecular complexity index is 323. The average Bonchev–Trinajstić information content (AvgIpc) is 2.74. The lowest BCUT2D eigenvalue weighted by molar-refractivity contribution is 0.0717. The maximum Gasteiger partial charge on any atom is 0.254 e. The number of nitrogens with zero attached hydrogens (tertiary/aromatic N) is 1. The van der Waals surface area contributed by atoms with E-state index in [1.807, 2.05) is 0 Å². The third-order valence-electron chi connectivity index (χ3n) is 2.81. The average molecular weight is 209 g/mol. The number of nitrogens with one attached hydrogen (secondary N) is 2. The van der Waals surface area contributed by atoms with Crippen LogP contribution in [0.1, 0.15) is 36.0 Å². The van der Waals surface area contributed by atoms with Gasteiger partial charge >= 0.3 is 0 Å². The van der Waals surface area contributed by atoms with Crippen LogP contribution in [0.25, 0.3) is 0 Å². The second-order valence-electron chi connectivity index (χ2n) is 3.92. The zero-order valence-corrected chi connectivity index (χ0v) is 8.44. The first-order valence-corrected chi connectivity index (χ1v) is 5.25. The van der Waals surface area contributed by atoms with Crippen molar-refractivity contribution in [2.75, 3.05) is 0 Å². The molecule has 3 N–H and O–H groups in total. The van der Waals surface area contributed by atoms with E-state index in [1.54, 1.807) is 6.20 Å². The van der Waals surface area contributed by atoms with Crippen LogP contribution in [-0.2, 0) is 0 Å². The Morgan fingerprint density at radius 1 is 1.53 bits per heavy atom. The lowest BCUT2D eigenvalue weighted by Crippen LogP contribution is -2.44. The molecule has 1 heterocycles. The number of amides is 1. The highest BCUT2D eigenvalue weighted by molar-refractivity contribution is 5.93. The Morgan fingerprint density at radius 3 is 3.00 bits per heavy atom. The van der Waals surface area contributed by atoms with Crippen LogP contribution < -0.4 is 5.32 Å². The van der Waals surface area contributed by atoms with Crippen LogP contribution in [0.2, 0.25) is 0 Å². The molecular weight excluding hydrogens is 194 g/mol. The van der Waals surface area contributed by atoms with E-state index in [9.17, 15) is 9.90 Å². The van der Waals surface area contributed by atoms with E-state index in [1.165, 1.54) is 6.20 Å². The molecule has 15 heavy (non-hydrogen) atoms. The summed E-state index contributed by atoms with van der Waals surface area (Å²) in [7, 11) is 0. The van der Waals surface area contributed by atoms with Crippen molar-refractivity contribution in [1.29, 1.82) is 0 Å². The molecule has 1 amide bonds. The molecule has 1 aromatic rings. The smallest absolute Gasteiger partial charge is 0.254 e. The second-order valence-corrected chi connectivity index (χ2v) is 3.92. The van der Waals surface area contributed by atoms with Crippen molar-refractivity contribution < 1.29 is 9.90 Å². The molecule has 0 aliphatic heterocycles. The zero-order chi connectivity index (χ0) is 10.7. The Morgan fingerprint density at radius 2 is 2.33 bits per heavy atom. The number of aliphatic hydroxyl groups excluding tert-OH is 1. The fourth-order valence-electron chi connectivity index (χ4n) is 1.91. The Hall–Kier alpha value is -1.36. The molecule has 1 aromatic heterocycles. The SMILES string of the molecule is O=C(NC1CCCCC1O)c1cn[nH]c1. The predicted molar refractivity (Wildman–Crippen MR) is 54.3 cm³/mol. The summed E-state index contributed by atoms with van der Waals surface area (Å²) in [6.45, 7) is 0. The van der Waals surface area contributed by atoms with Gasteiger partial charge in [-0.2, -0.15) is 5.10 Å². The molecular formula is C10H15N3O2. The molecule has 0 radical (unpaired) electrons. The number of H-pyrrole nitrogens is 1. The number of rotatable bonds is 2. The molecule has 1 aliphatic rings. The Kier molecular flexibility index (Phi) is 3.01. The quantitative estimate of drug-likeness (QED) is 0.661. The first kappa shape index (κ1) is 10.2. The van der Waals surface area contributed by atoms with Crippen LogP contribution in [0.4, 0.5) is 0 Å². The normalized spacial score (nSPS) is 26.2. The first-order valence-electron chi connectivity index (χ1n) is 5.25. The van der Waals surface area contributed by atoms with E-state index in [0.717, 1.165) is 25.7 Å². The number of carbonyl (C=O) groups is 1. The number of hydrogen-bond acceptors (Lipinski definition) is 3. The summed E-state index contributed by atoms with van der Waals surface area (Å²) in [5.74, 6) is -0.172. The van der Waals surface area contributed by atoms with Gasteiger partial charge < -0.3 is 10.4 Å². The monoisotopic (exact) mass is 209 g/mol. The second kappa shape index (κ2) is 4.44. The van der Waals surface area contributed by atoms with E-state index >= 15 is 0 Å². The van der Waals surface area contributed by atoms with Gasteiger partial charge in [0.05, 0.1) is 23.9 Å². The minimum atomic E-state index is -0.408. The largest absolute Gasteiger partial charge is 0.391 e. The van der Waals surface area contributed by atoms with E-state index in [4.69, 9.17) is 0 Å². The van der Waals surface area contributed by atoms with Gasteiger partial charge in [-0.1, -0.05) is 12.8 Å². The van der Waals surface area contributed by atoms with Crippen LogP contribution >= 0.6 is 0 Å². The van der Waals surface area contributed by atoms with E-state index in [2.05, 4.69) is 15.5 Å². The summed E-state index contributed by atoms with van der Waals surface area (Å²) in [6, 6.07) is -0.110. The third kappa shape index (κ3) is 2.36. The molecule has 1 fully saturated rings. The highest BCUT2D eigenvalue weighted by atomic mass is 16.3. The maximum atomic E-state index is 11.6. The molecule has 2 atom stereocenters. The topological polar surface area (TPSA) is 78.0 Å². The van der Waals surface area contributed by atoms with Crippen molar-refractivity contribution in [3.8, 4) is 0 Å². The lowest BCUT2D eigenvalue weighted by atomic mass is 9.92. The molecule has 5 nitrogen and oxygen atoms in total. The third-order valence-corrected chi connectivity index (χ3v) is 2.81. The fraction of sp³-hybridized carbons (Fsp3) is 0.600. The predicted octanol–water partition coefficient (Wildman–Crippen LogP) is 0.443. The highest BCUT2D eigenvalue weighted by Crippen LogP contribution is 2.18. The minimum Gasteiger partial charge on any atom is -0.391 e. The summed E-state index contributed by atoms with van der Waals surface area (Å²) in [6.07, 6.45) is 6.35. The van der Waals surface area contributed by atoms with Crippen LogP contribution in [-0.4, -0.2) is 33.4 Å². The number of carbonyl (C=O) groups excluding carboxylic acids is 1. The molecule has 2 unspecified atom stereocenters. The van der Waals surface area contributed by atoms with Crippen LogP contribution in [0.15, 0.2) is 12.4 Å². The van der Waals surface area contributed by atoms with Crippen LogP contribution in [0.3, 0.4) is 0 Å². The van der Waals surface area contributed by atoms with Gasteiger partial charge in [0.1, 0.15) is 0 Å². The molecule has 1 saturated carbocycles. The number of aromatic amines is 1.